The highest BCUT2D eigenvalue weighted by Crippen LogP contribution is 2.31. The Morgan fingerprint density at radius 1 is 1.21 bits per heavy atom. The first-order valence-corrected chi connectivity index (χ1v) is 5.70. The van der Waals surface area contributed by atoms with Crippen molar-refractivity contribution in [2.75, 3.05) is 7.11 Å². The number of aromatic nitrogens is 4. The fraction of sp³-hybridized carbons (Fsp3) is 0.154. The van der Waals surface area contributed by atoms with Gasteiger partial charge in [-0.05, 0) is 24.3 Å². The fourth-order valence-electron chi connectivity index (χ4n) is 1.99. The van der Waals surface area contributed by atoms with E-state index in [-0.39, 0.29) is 5.82 Å². The molecule has 6 heteroatoms. The number of halogens is 1. The first-order valence-electron chi connectivity index (χ1n) is 5.70. The van der Waals surface area contributed by atoms with Crippen LogP contribution in [0.15, 0.2) is 30.3 Å². The molecule has 0 radical (unpaired) electrons. The van der Waals surface area contributed by atoms with Crippen molar-refractivity contribution in [2.24, 2.45) is 7.05 Å². The molecule has 96 valence electrons. The number of hydrogen-bond donors (Lipinski definition) is 0. The lowest BCUT2D eigenvalue weighted by atomic mass is 10.1. The molecule has 0 saturated carbocycles. The van der Waals surface area contributed by atoms with E-state index in [0.29, 0.717) is 22.7 Å². The third-order valence-corrected chi connectivity index (χ3v) is 2.93. The Morgan fingerprint density at radius 2 is 2.05 bits per heavy atom. The second-order valence-electron chi connectivity index (χ2n) is 4.07. The van der Waals surface area contributed by atoms with Gasteiger partial charge in [-0.2, -0.15) is 0 Å². The highest BCUT2D eigenvalue weighted by atomic mass is 19.1. The molecule has 0 unspecified atom stereocenters. The molecule has 3 rings (SSSR count). The Kier molecular flexibility index (Phi) is 2.63. The zero-order valence-electron chi connectivity index (χ0n) is 10.5. The maximum absolute atomic E-state index is 14.0. The standard InChI is InChI=1S/C13H11FN4O/c1-18-10-7-6-9(15-13(10)16-17-18)12-8(14)4-3-5-11(12)19-2/h3-7H,1-2H3. The van der Waals surface area contributed by atoms with E-state index in [2.05, 4.69) is 15.3 Å². The lowest BCUT2D eigenvalue weighted by Gasteiger charge is -2.08. The van der Waals surface area contributed by atoms with Crippen molar-refractivity contribution in [2.45, 2.75) is 0 Å². The van der Waals surface area contributed by atoms with Crippen LogP contribution in [0.1, 0.15) is 0 Å². The van der Waals surface area contributed by atoms with E-state index >= 15 is 0 Å². The number of aryl methyl sites for hydroxylation is 1. The largest absolute Gasteiger partial charge is 0.496 e. The highest BCUT2D eigenvalue weighted by molar-refractivity contribution is 5.77. The number of hydrogen-bond acceptors (Lipinski definition) is 4. The molecule has 0 aliphatic heterocycles. The molecular weight excluding hydrogens is 247 g/mol. The highest BCUT2D eigenvalue weighted by Gasteiger charge is 2.14. The molecule has 2 aromatic heterocycles. The SMILES string of the molecule is COc1cccc(F)c1-c1ccc2c(nnn2C)n1. The van der Waals surface area contributed by atoms with Crippen LogP contribution in [0.4, 0.5) is 4.39 Å². The molecule has 3 aromatic rings. The predicted molar refractivity (Wildman–Crippen MR) is 68.3 cm³/mol. The number of pyridine rings is 1. The number of benzene rings is 1. The Bertz CT molecular complexity index is 753. The summed E-state index contributed by atoms with van der Waals surface area (Å²) in [6, 6.07) is 8.20. The van der Waals surface area contributed by atoms with Crippen molar-refractivity contribution in [3.63, 3.8) is 0 Å². The molecule has 0 N–H and O–H groups in total. The van der Waals surface area contributed by atoms with Gasteiger partial charge in [0, 0.05) is 7.05 Å². The minimum absolute atomic E-state index is 0.331. The average molecular weight is 258 g/mol. The molecular formula is C13H11FN4O. The minimum atomic E-state index is -0.380. The molecule has 0 amide bonds. The summed E-state index contributed by atoms with van der Waals surface area (Å²) in [6.45, 7) is 0. The van der Waals surface area contributed by atoms with E-state index in [9.17, 15) is 4.39 Å². The summed E-state index contributed by atoms with van der Waals surface area (Å²) in [5.41, 5.74) is 2.07. The molecule has 19 heavy (non-hydrogen) atoms. The van der Waals surface area contributed by atoms with E-state index < -0.39 is 0 Å². The van der Waals surface area contributed by atoms with Gasteiger partial charge < -0.3 is 4.74 Å². The normalized spacial score (nSPS) is 10.9. The summed E-state index contributed by atoms with van der Waals surface area (Å²) >= 11 is 0. The first-order chi connectivity index (χ1) is 9.20. The van der Waals surface area contributed by atoms with Gasteiger partial charge in [0.1, 0.15) is 17.1 Å². The van der Waals surface area contributed by atoms with Gasteiger partial charge in [0.15, 0.2) is 0 Å². The molecule has 2 heterocycles. The number of methoxy groups -OCH3 is 1. The summed E-state index contributed by atoms with van der Waals surface area (Å²) in [7, 11) is 3.28. The Balaban J connectivity index is 2.24. The Hall–Kier alpha value is -2.50. The predicted octanol–water partition coefficient (Wildman–Crippen LogP) is 2.18. The molecule has 0 bridgehead atoms. The summed E-state index contributed by atoms with van der Waals surface area (Å²) in [4.78, 5) is 4.32. The molecule has 0 aliphatic carbocycles. The smallest absolute Gasteiger partial charge is 0.202 e. The van der Waals surface area contributed by atoms with Crippen LogP contribution in [0, 0.1) is 5.82 Å². The Labute approximate surface area is 108 Å². The van der Waals surface area contributed by atoms with Crippen LogP contribution >= 0.6 is 0 Å². The summed E-state index contributed by atoms with van der Waals surface area (Å²) in [5.74, 6) is 0.0610. The molecule has 0 atom stereocenters. The zero-order valence-corrected chi connectivity index (χ0v) is 10.5. The number of nitrogens with zero attached hydrogens (tertiary/aromatic N) is 4. The number of rotatable bonds is 2. The second-order valence-corrected chi connectivity index (χ2v) is 4.07. The van der Waals surface area contributed by atoms with Crippen molar-refractivity contribution in [3.05, 3.63) is 36.1 Å². The summed E-state index contributed by atoms with van der Waals surface area (Å²) < 4.78 is 20.8. The maximum atomic E-state index is 14.0. The van der Waals surface area contributed by atoms with E-state index in [1.807, 2.05) is 6.07 Å². The maximum Gasteiger partial charge on any atom is 0.202 e. The number of fused-ring (bicyclic) bond motifs is 1. The molecule has 0 spiro atoms. The molecule has 0 saturated heterocycles. The first kappa shape index (κ1) is 11.6. The van der Waals surface area contributed by atoms with Crippen molar-refractivity contribution < 1.29 is 9.13 Å². The van der Waals surface area contributed by atoms with Crippen LogP contribution in [-0.2, 0) is 7.05 Å². The molecule has 0 aliphatic rings. The fourth-order valence-corrected chi connectivity index (χ4v) is 1.99. The molecule has 0 fully saturated rings. The van der Waals surface area contributed by atoms with E-state index in [1.165, 1.54) is 13.2 Å². The monoisotopic (exact) mass is 258 g/mol. The van der Waals surface area contributed by atoms with Crippen LogP contribution in [-0.4, -0.2) is 27.1 Å². The topological polar surface area (TPSA) is 52.8 Å². The van der Waals surface area contributed by atoms with Crippen LogP contribution in [0.25, 0.3) is 22.4 Å². The van der Waals surface area contributed by atoms with Crippen LogP contribution in [0.2, 0.25) is 0 Å². The van der Waals surface area contributed by atoms with Gasteiger partial charge in [-0.1, -0.05) is 11.3 Å². The average Bonchev–Trinajstić information content (AvgIpc) is 2.79. The van der Waals surface area contributed by atoms with Gasteiger partial charge in [-0.25, -0.2) is 14.1 Å². The van der Waals surface area contributed by atoms with Gasteiger partial charge >= 0.3 is 0 Å². The Morgan fingerprint density at radius 3 is 2.84 bits per heavy atom. The minimum Gasteiger partial charge on any atom is -0.496 e. The quantitative estimate of drug-likeness (QED) is 0.707. The van der Waals surface area contributed by atoms with E-state index in [4.69, 9.17) is 4.74 Å². The van der Waals surface area contributed by atoms with Gasteiger partial charge in [0.25, 0.3) is 0 Å². The van der Waals surface area contributed by atoms with Crippen molar-refractivity contribution >= 4 is 11.2 Å². The lowest BCUT2D eigenvalue weighted by molar-refractivity contribution is 0.413. The molecule has 5 nitrogen and oxygen atoms in total. The van der Waals surface area contributed by atoms with Gasteiger partial charge in [-0.3, -0.25) is 0 Å². The number of ether oxygens (including phenoxy) is 1. The molecule has 1 aromatic carbocycles. The van der Waals surface area contributed by atoms with Crippen LogP contribution < -0.4 is 4.74 Å². The van der Waals surface area contributed by atoms with Crippen molar-refractivity contribution in [1.82, 2.24) is 20.0 Å². The zero-order chi connectivity index (χ0) is 13.4. The second kappa shape index (κ2) is 4.31. The van der Waals surface area contributed by atoms with Crippen LogP contribution in [0.5, 0.6) is 5.75 Å². The van der Waals surface area contributed by atoms with Crippen LogP contribution in [0.3, 0.4) is 0 Å². The summed E-state index contributed by atoms with van der Waals surface area (Å²) in [5, 5.41) is 7.80. The third kappa shape index (κ3) is 1.81. The lowest BCUT2D eigenvalue weighted by Crippen LogP contribution is -1.94. The van der Waals surface area contributed by atoms with Gasteiger partial charge in [0.05, 0.1) is 18.4 Å². The third-order valence-electron chi connectivity index (χ3n) is 2.93. The van der Waals surface area contributed by atoms with Gasteiger partial charge in [0.2, 0.25) is 5.65 Å². The van der Waals surface area contributed by atoms with Gasteiger partial charge in [-0.15, -0.1) is 5.10 Å². The van der Waals surface area contributed by atoms with Crippen molar-refractivity contribution in [3.8, 4) is 17.0 Å². The van der Waals surface area contributed by atoms with E-state index in [0.717, 1.165) is 5.52 Å². The van der Waals surface area contributed by atoms with E-state index in [1.54, 1.807) is 29.9 Å². The summed E-state index contributed by atoms with van der Waals surface area (Å²) in [6.07, 6.45) is 0. The van der Waals surface area contributed by atoms with Crippen molar-refractivity contribution in [1.29, 1.82) is 0 Å².